The number of halogens is 6. The fourth-order valence-corrected chi connectivity index (χ4v) is 2.13. The second kappa shape index (κ2) is 10.4. The van der Waals surface area contributed by atoms with Crippen LogP contribution in [0.5, 0.6) is 0 Å². The molecule has 24 heavy (non-hydrogen) atoms. The van der Waals surface area contributed by atoms with E-state index in [1.807, 2.05) is 21.0 Å². The first-order valence-corrected chi connectivity index (χ1v) is 8.85. The first-order chi connectivity index (χ1) is 10.7. The minimum Gasteiger partial charge on any atom is -0.323 e. The molecule has 0 saturated carbocycles. The maximum Gasteiger partial charge on any atom is 0.437 e. The molecule has 11 heteroatoms. The van der Waals surface area contributed by atoms with Crippen molar-refractivity contribution in [3.8, 4) is 0 Å². The van der Waals surface area contributed by atoms with Crippen LogP contribution in [0.3, 0.4) is 0 Å². The second-order valence-electron chi connectivity index (χ2n) is 5.29. The highest BCUT2D eigenvalue weighted by Gasteiger charge is 2.76. The Morgan fingerprint density at radius 1 is 0.875 bits per heavy atom. The second-order valence-corrected chi connectivity index (χ2v) is 6.75. The molecule has 0 amide bonds. The Bertz CT molecular complexity index is 443. The maximum atomic E-state index is 13.2. The Balaban J connectivity index is 0. The first kappa shape index (κ1) is 25.7. The smallest absolute Gasteiger partial charge is 0.323 e. The van der Waals surface area contributed by atoms with Crippen LogP contribution in [0.25, 0.3) is 0 Å². The average Bonchev–Trinajstić information content (AvgIpc) is 2.42. The number of nitrogens with one attached hydrogen (secondary N) is 1. The molecule has 0 aromatic carbocycles. The minimum absolute atomic E-state index is 0.142. The van der Waals surface area contributed by atoms with Gasteiger partial charge in [0, 0.05) is 6.42 Å². The Kier molecular flexibility index (Phi) is 11.2. The van der Waals surface area contributed by atoms with Gasteiger partial charge < -0.3 is 5.32 Å². The van der Waals surface area contributed by atoms with Gasteiger partial charge in [-0.15, -0.1) is 0 Å². The molecule has 0 aromatic rings. The molecule has 0 bridgehead atoms. The number of rotatable bonds is 10. The number of hydrogen-bond donors (Lipinski definition) is 2. The normalized spacial score (nSPS) is 13.4. The Labute approximate surface area is 138 Å². The molecule has 0 atom stereocenters. The predicted octanol–water partition coefficient (Wildman–Crippen LogP) is 4.32. The molecule has 0 aliphatic carbocycles. The summed E-state index contributed by atoms with van der Waals surface area (Å²) in [5.74, 6) is -11.4. The highest BCUT2D eigenvalue weighted by atomic mass is 32.2. The largest absolute Gasteiger partial charge is 0.437 e. The van der Waals surface area contributed by atoms with Gasteiger partial charge in [0.15, 0.2) is 0 Å². The van der Waals surface area contributed by atoms with Gasteiger partial charge in [-0.05, 0) is 20.5 Å². The SMILES string of the molecule is CCCCCCCCC(F)(F)C(F)(F)C(F)(F)S(=O)(=O)O.CNC. The highest BCUT2D eigenvalue weighted by Crippen LogP contribution is 2.50. The van der Waals surface area contributed by atoms with E-state index in [1.54, 1.807) is 0 Å². The Morgan fingerprint density at radius 3 is 1.62 bits per heavy atom. The van der Waals surface area contributed by atoms with Crippen LogP contribution in [0.2, 0.25) is 0 Å². The molecule has 0 saturated heterocycles. The van der Waals surface area contributed by atoms with Crippen LogP contribution in [0.4, 0.5) is 26.3 Å². The van der Waals surface area contributed by atoms with Crippen molar-refractivity contribution in [2.45, 2.75) is 69.0 Å². The summed E-state index contributed by atoms with van der Waals surface area (Å²) < 4.78 is 107. The van der Waals surface area contributed by atoms with Crippen molar-refractivity contribution in [1.82, 2.24) is 5.32 Å². The monoisotopic (exact) mass is 389 g/mol. The molecule has 4 nitrogen and oxygen atoms in total. The molecule has 2 N–H and O–H groups in total. The lowest BCUT2D eigenvalue weighted by Crippen LogP contribution is -2.57. The van der Waals surface area contributed by atoms with Crippen molar-refractivity contribution in [3.63, 3.8) is 0 Å². The third kappa shape index (κ3) is 7.14. The fraction of sp³-hybridized carbons (Fsp3) is 1.00. The molecule has 0 spiro atoms. The molecular weight excluding hydrogens is 364 g/mol. The molecular formula is C13H25F6NO3S. The quantitative estimate of drug-likeness (QED) is 0.332. The lowest BCUT2D eigenvalue weighted by atomic mass is 10.0. The zero-order valence-corrected chi connectivity index (χ0v) is 14.7. The van der Waals surface area contributed by atoms with Gasteiger partial charge in [0.1, 0.15) is 0 Å². The molecule has 0 unspecified atom stereocenters. The summed E-state index contributed by atoms with van der Waals surface area (Å²) in [6.07, 6.45) is 1.03. The lowest BCUT2D eigenvalue weighted by Gasteiger charge is -2.30. The van der Waals surface area contributed by atoms with E-state index in [-0.39, 0.29) is 6.42 Å². The lowest BCUT2D eigenvalue weighted by molar-refractivity contribution is -0.282. The van der Waals surface area contributed by atoms with Crippen LogP contribution in [-0.4, -0.2) is 44.2 Å². The van der Waals surface area contributed by atoms with Crippen LogP contribution in [-0.2, 0) is 10.1 Å². The van der Waals surface area contributed by atoms with Crippen LogP contribution < -0.4 is 5.32 Å². The summed E-state index contributed by atoms with van der Waals surface area (Å²) >= 11 is 0. The van der Waals surface area contributed by atoms with E-state index < -0.39 is 40.1 Å². The van der Waals surface area contributed by atoms with Gasteiger partial charge >= 0.3 is 27.2 Å². The number of hydrogen-bond acceptors (Lipinski definition) is 3. The third-order valence-electron chi connectivity index (χ3n) is 2.99. The van der Waals surface area contributed by atoms with Crippen molar-refractivity contribution in [2.24, 2.45) is 0 Å². The molecule has 0 rings (SSSR count). The standard InChI is InChI=1S/C11H18F6O3S.C2H7N/c1-2-3-4-5-6-7-8-9(12,13)10(14,15)11(16,17)21(18,19)20;1-3-2/h2-8H2,1H3,(H,18,19,20);3H,1-2H3. The molecule has 0 radical (unpaired) electrons. The number of alkyl halides is 6. The van der Waals surface area contributed by atoms with Crippen LogP contribution in [0.15, 0.2) is 0 Å². The van der Waals surface area contributed by atoms with Crippen LogP contribution >= 0.6 is 0 Å². The Hall–Kier alpha value is -0.550. The summed E-state index contributed by atoms with van der Waals surface area (Å²) in [7, 11) is -2.90. The summed E-state index contributed by atoms with van der Waals surface area (Å²) in [4.78, 5) is 0. The Morgan fingerprint density at radius 2 is 1.25 bits per heavy atom. The predicted molar refractivity (Wildman–Crippen MR) is 79.4 cm³/mol. The molecule has 0 heterocycles. The van der Waals surface area contributed by atoms with Crippen molar-refractivity contribution >= 4 is 10.1 Å². The molecule has 0 aliphatic rings. The fourth-order valence-electron chi connectivity index (χ4n) is 1.66. The summed E-state index contributed by atoms with van der Waals surface area (Å²) in [5.41, 5.74) is 0. The summed E-state index contributed by atoms with van der Waals surface area (Å²) in [6, 6.07) is 0. The van der Waals surface area contributed by atoms with Gasteiger partial charge in [-0.1, -0.05) is 39.0 Å². The zero-order chi connectivity index (χ0) is 19.7. The van der Waals surface area contributed by atoms with E-state index in [0.29, 0.717) is 12.8 Å². The van der Waals surface area contributed by atoms with Gasteiger partial charge in [0.25, 0.3) is 0 Å². The van der Waals surface area contributed by atoms with Crippen molar-refractivity contribution in [2.75, 3.05) is 14.1 Å². The first-order valence-electron chi connectivity index (χ1n) is 7.41. The molecule has 0 aliphatic heterocycles. The van der Waals surface area contributed by atoms with E-state index in [0.717, 1.165) is 12.8 Å². The van der Waals surface area contributed by atoms with E-state index in [2.05, 4.69) is 5.32 Å². The molecule has 0 fully saturated rings. The van der Waals surface area contributed by atoms with Gasteiger partial charge in [0.05, 0.1) is 0 Å². The topological polar surface area (TPSA) is 66.4 Å². The number of unbranched alkanes of at least 4 members (excludes halogenated alkanes) is 5. The van der Waals surface area contributed by atoms with Crippen LogP contribution in [0.1, 0.15) is 51.9 Å². The van der Waals surface area contributed by atoms with Crippen LogP contribution in [0, 0.1) is 0 Å². The minimum atomic E-state index is -6.65. The van der Waals surface area contributed by atoms with E-state index >= 15 is 0 Å². The van der Waals surface area contributed by atoms with Gasteiger partial charge in [-0.25, -0.2) is 0 Å². The van der Waals surface area contributed by atoms with E-state index in [4.69, 9.17) is 4.55 Å². The summed E-state index contributed by atoms with van der Waals surface area (Å²) in [5, 5.41) is -3.49. The van der Waals surface area contributed by atoms with Gasteiger partial charge in [-0.2, -0.15) is 34.8 Å². The van der Waals surface area contributed by atoms with Crippen molar-refractivity contribution in [3.05, 3.63) is 0 Å². The van der Waals surface area contributed by atoms with Gasteiger partial charge in [-0.3, -0.25) is 4.55 Å². The maximum absolute atomic E-state index is 13.2. The average molecular weight is 389 g/mol. The van der Waals surface area contributed by atoms with Gasteiger partial charge in [0.2, 0.25) is 0 Å². The molecule has 148 valence electrons. The van der Waals surface area contributed by atoms with Crippen molar-refractivity contribution in [1.29, 1.82) is 0 Å². The van der Waals surface area contributed by atoms with E-state index in [9.17, 15) is 34.8 Å². The van der Waals surface area contributed by atoms with E-state index in [1.165, 1.54) is 0 Å². The third-order valence-corrected chi connectivity index (χ3v) is 3.90. The van der Waals surface area contributed by atoms with Crippen molar-refractivity contribution < 1.29 is 39.3 Å². The zero-order valence-electron chi connectivity index (χ0n) is 13.9. The highest BCUT2D eigenvalue weighted by molar-refractivity contribution is 7.87. The molecule has 0 aromatic heterocycles. The summed E-state index contributed by atoms with van der Waals surface area (Å²) in [6.45, 7) is 1.91.